The summed E-state index contributed by atoms with van der Waals surface area (Å²) in [7, 11) is 0. The molecule has 1 aromatic carbocycles. The summed E-state index contributed by atoms with van der Waals surface area (Å²) < 4.78 is 0. The Morgan fingerprint density at radius 1 is 1.47 bits per heavy atom. The Labute approximate surface area is 101 Å². The van der Waals surface area contributed by atoms with Crippen LogP contribution in [0, 0.1) is 5.92 Å². The van der Waals surface area contributed by atoms with Crippen molar-refractivity contribution in [1.82, 2.24) is 10.2 Å². The number of carbonyl (C=O) groups is 1. The van der Waals surface area contributed by atoms with E-state index in [0.717, 1.165) is 18.7 Å². The van der Waals surface area contributed by atoms with Crippen LogP contribution in [0.1, 0.15) is 12.5 Å². The molecule has 1 amide bonds. The summed E-state index contributed by atoms with van der Waals surface area (Å²) in [6.45, 7) is 4.65. The average molecular weight is 234 g/mol. The van der Waals surface area contributed by atoms with Gasteiger partial charge in [0.2, 0.25) is 5.91 Å². The van der Waals surface area contributed by atoms with Crippen LogP contribution in [0.3, 0.4) is 0 Å². The molecule has 1 unspecified atom stereocenters. The molecule has 0 saturated carbocycles. The predicted octanol–water partition coefficient (Wildman–Crippen LogP) is 0.960. The van der Waals surface area contributed by atoms with Crippen LogP contribution in [-0.2, 0) is 11.3 Å². The molecule has 2 N–H and O–H groups in total. The Balaban J connectivity index is 2.12. The number of nitrogens with one attached hydrogen (secondary N) is 1. The molecule has 1 fully saturated rings. The number of amides is 1. The second-order valence-electron chi connectivity index (χ2n) is 4.49. The van der Waals surface area contributed by atoms with Gasteiger partial charge in [0, 0.05) is 37.7 Å². The topological polar surface area (TPSA) is 52.6 Å². The largest absolute Gasteiger partial charge is 0.508 e. The first-order chi connectivity index (χ1) is 8.18. The predicted molar refractivity (Wildman–Crippen MR) is 65.6 cm³/mol. The molecule has 1 atom stereocenters. The second-order valence-corrected chi connectivity index (χ2v) is 4.49. The van der Waals surface area contributed by atoms with Gasteiger partial charge in [-0.05, 0) is 6.07 Å². The van der Waals surface area contributed by atoms with Crippen molar-refractivity contribution in [3.63, 3.8) is 0 Å². The zero-order valence-electron chi connectivity index (χ0n) is 10.0. The summed E-state index contributed by atoms with van der Waals surface area (Å²) >= 11 is 0. The number of hydrogen-bond donors (Lipinski definition) is 2. The zero-order chi connectivity index (χ0) is 12.3. The third-order valence-corrected chi connectivity index (χ3v) is 3.10. The first-order valence-electron chi connectivity index (χ1n) is 5.95. The highest BCUT2D eigenvalue weighted by molar-refractivity contribution is 5.79. The van der Waals surface area contributed by atoms with E-state index < -0.39 is 0 Å². The minimum Gasteiger partial charge on any atom is -0.508 e. The molecule has 0 aliphatic carbocycles. The lowest BCUT2D eigenvalue weighted by Gasteiger charge is -2.22. The fourth-order valence-corrected chi connectivity index (χ4v) is 2.05. The van der Waals surface area contributed by atoms with Crippen molar-refractivity contribution in [2.75, 3.05) is 19.6 Å². The van der Waals surface area contributed by atoms with Gasteiger partial charge in [-0.3, -0.25) is 4.79 Å². The highest BCUT2D eigenvalue weighted by atomic mass is 16.3. The molecule has 4 heteroatoms. The number of rotatable bonds is 2. The van der Waals surface area contributed by atoms with Crippen molar-refractivity contribution in [3.8, 4) is 5.75 Å². The van der Waals surface area contributed by atoms with Crippen molar-refractivity contribution in [2.45, 2.75) is 13.5 Å². The van der Waals surface area contributed by atoms with Crippen molar-refractivity contribution in [2.24, 2.45) is 5.92 Å². The molecule has 0 bridgehead atoms. The molecule has 1 aromatic rings. The molecule has 2 rings (SSSR count). The van der Waals surface area contributed by atoms with Crippen LogP contribution in [0.15, 0.2) is 24.3 Å². The number of phenolic OH excluding ortho intramolecular Hbond substituents is 1. The highest BCUT2D eigenvalue weighted by Gasteiger charge is 2.23. The van der Waals surface area contributed by atoms with E-state index in [2.05, 4.69) is 5.32 Å². The Hall–Kier alpha value is -1.55. The van der Waals surface area contributed by atoms with Gasteiger partial charge in [0.15, 0.2) is 0 Å². The molecule has 1 aliphatic rings. The van der Waals surface area contributed by atoms with Crippen LogP contribution < -0.4 is 5.32 Å². The van der Waals surface area contributed by atoms with Crippen LogP contribution in [-0.4, -0.2) is 35.5 Å². The molecule has 1 saturated heterocycles. The lowest BCUT2D eigenvalue weighted by Crippen LogP contribution is -2.34. The van der Waals surface area contributed by atoms with Crippen LogP contribution in [0.25, 0.3) is 0 Å². The minimum absolute atomic E-state index is 0.00311. The Morgan fingerprint density at radius 3 is 3.00 bits per heavy atom. The summed E-state index contributed by atoms with van der Waals surface area (Å²) in [5, 5.41) is 12.9. The van der Waals surface area contributed by atoms with Crippen molar-refractivity contribution in [3.05, 3.63) is 29.8 Å². The van der Waals surface area contributed by atoms with Gasteiger partial charge in [0.25, 0.3) is 0 Å². The molecule has 0 radical (unpaired) electrons. The highest BCUT2D eigenvalue weighted by Crippen LogP contribution is 2.19. The van der Waals surface area contributed by atoms with E-state index in [1.54, 1.807) is 17.0 Å². The molecule has 0 aromatic heterocycles. The Kier molecular flexibility index (Phi) is 3.64. The molecule has 1 aliphatic heterocycles. The number of phenols is 1. The fraction of sp³-hybridized carbons (Fsp3) is 0.462. The number of aromatic hydroxyl groups is 1. The van der Waals surface area contributed by atoms with Gasteiger partial charge in [0.05, 0.1) is 0 Å². The maximum Gasteiger partial charge on any atom is 0.227 e. The van der Waals surface area contributed by atoms with Gasteiger partial charge in [-0.2, -0.15) is 0 Å². The maximum atomic E-state index is 12.1. The summed E-state index contributed by atoms with van der Waals surface area (Å²) in [5.41, 5.74) is 0.801. The van der Waals surface area contributed by atoms with E-state index in [9.17, 15) is 9.90 Å². The van der Waals surface area contributed by atoms with Gasteiger partial charge < -0.3 is 15.3 Å². The Morgan fingerprint density at radius 2 is 2.24 bits per heavy atom. The monoisotopic (exact) mass is 234 g/mol. The van der Waals surface area contributed by atoms with E-state index in [0.29, 0.717) is 13.1 Å². The van der Waals surface area contributed by atoms with Gasteiger partial charge in [-0.1, -0.05) is 25.1 Å². The van der Waals surface area contributed by atoms with Gasteiger partial charge in [0.1, 0.15) is 5.75 Å². The molecule has 1 heterocycles. The van der Waals surface area contributed by atoms with Crippen LogP contribution in [0.5, 0.6) is 5.75 Å². The second kappa shape index (κ2) is 5.19. The van der Waals surface area contributed by atoms with Crippen LogP contribution in [0.2, 0.25) is 0 Å². The van der Waals surface area contributed by atoms with Crippen LogP contribution in [0.4, 0.5) is 0 Å². The first-order valence-corrected chi connectivity index (χ1v) is 5.95. The maximum absolute atomic E-state index is 12.1. The zero-order valence-corrected chi connectivity index (χ0v) is 10.0. The lowest BCUT2D eigenvalue weighted by molar-refractivity contribution is -0.134. The molecule has 4 nitrogen and oxygen atoms in total. The normalized spacial score (nSPS) is 21.4. The minimum atomic E-state index is 0.00311. The number of para-hydroxylation sites is 1. The number of benzene rings is 1. The summed E-state index contributed by atoms with van der Waals surface area (Å²) in [5.74, 6) is 0.409. The standard InChI is InChI=1S/C13H18N2O2/c1-10-8-14-6-7-15(13(10)17)9-11-4-2-3-5-12(11)16/h2-5,10,14,16H,6-9H2,1H3. The smallest absolute Gasteiger partial charge is 0.227 e. The van der Waals surface area contributed by atoms with Crippen LogP contribution >= 0.6 is 0 Å². The van der Waals surface area contributed by atoms with Gasteiger partial charge in [-0.25, -0.2) is 0 Å². The molecular weight excluding hydrogens is 216 g/mol. The molecule has 17 heavy (non-hydrogen) atoms. The first kappa shape index (κ1) is 11.9. The summed E-state index contributed by atoms with van der Waals surface area (Å²) in [6, 6.07) is 7.16. The van der Waals surface area contributed by atoms with E-state index >= 15 is 0 Å². The van der Waals surface area contributed by atoms with Gasteiger partial charge in [-0.15, -0.1) is 0 Å². The SMILES string of the molecule is CC1CNCCN(Cc2ccccc2O)C1=O. The van der Waals surface area contributed by atoms with E-state index in [1.165, 1.54) is 0 Å². The third-order valence-electron chi connectivity index (χ3n) is 3.10. The molecule has 0 spiro atoms. The fourth-order valence-electron chi connectivity index (χ4n) is 2.05. The molecular formula is C13H18N2O2. The number of hydrogen-bond acceptors (Lipinski definition) is 3. The third kappa shape index (κ3) is 2.77. The van der Waals surface area contributed by atoms with Crippen molar-refractivity contribution in [1.29, 1.82) is 0 Å². The van der Waals surface area contributed by atoms with E-state index in [4.69, 9.17) is 0 Å². The van der Waals surface area contributed by atoms with E-state index in [-0.39, 0.29) is 17.6 Å². The quantitative estimate of drug-likeness (QED) is 0.801. The molecule has 92 valence electrons. The van der Waals surface area contributed by atoms with Gasteiger partial charge >= 0.3 is 0 Å². The van der Waals surface area contributed by atoms with Crippen molar-refractivity contribution >= 4 is 5.91 Å². The lowest BCUT2D eigenvalue weighted by atomic mass is 10.1. The van der Waals surface area contributed by atoms with E-state index in [1.807, 2.05) is 19.1 Å². The number of carbonyl (C=O) groups excluding carboxylic acids is 1. The Bertz CT molecular complexity index is 406. The summed E-state index contributed by atoms with van der Waals surface area (Å²) in [6.07, 6.45) is 0. The average Bonchev–Trinajstić information content (AvgIpc) is 2.47. The summed E-state index contributed by atoms with van der Waals surface area (Å²) in [4.78, 5) is 13.9. The van der Waals surface area contributed by atoms with Crippen molar-refractivity contribution < 1.29 is 9.90 Å². The number of nitrogens with zero attached hydrogens (tertiary/aromatic N) is 1.